The molecule has 2 rings (SSSR count). The summed E-state index contributed by atoms with van der Waals surface area (Å²) < 4.78 is 2.86. The van der Waals surface area contributed by atoms with Crippen molar-refractivity contribution in [3.63, 3.8) is 0 Å². The van der Waals surface area contributed by atoms with Crippen LogP contribution in [0.25, 0.3) is 0 Å². The molecule has 1 aromatic heterocycles. The first-order chi connectivity index (χ1) is 9.54. The van der Waals surface area contributed by atoms with Gasteiger partial charge in [-0.25, -0.2) is 0 Å². The number of likely N-dealkylation sites (tertiary alicyclic amines) is 1. The van der Waals surface area contributed by atoms with E-state index < -0.39 is 6.10 Å². The van der Waals surface area contributed by atoms with Crippen LogP contribution in [-0.2, 0) is 6.54 Å². The van der Waals surface area contributed by atoms with Gasteiger partial charge in [0.15, 0.2) is 0 Å². The maximum Gasteiger partial charge on any atom is 0.115 e. The molecule has 0 amide bonds. The Morgan fingerprint density at radius 3 is 2.60 bits per heavy atom. The highest BCUT2D eigenvalue weighted by Gasteiger charge is 2.41. The minimum Gasteiger partial charge on any atom is -0.385 e. The lowest BCUT2D eigenvalue weighted by Gasteiger charge is -2.42. The van der Waals surface area contributed by atoms with Crippen molar-refractivity contribution in [2.75, 3.05) is 13.1 Å². The van der Waals surface area contributed by atoms with Crippen LogP contribution in [0.4, 0.5) is 0 Å². The predicted octanol–water partition coefficient (Wildman–Crippen LogP) is 3.35. The van der Waals surface area contributed by atoms with Gasteiger partial charge in [-0.2, -0.15) is 5.10 Å². The summed E-state index contributed by atoms with van der Waals surface area (Å²) in [6, 6.07) is 0. The molecule has 2 unspecified atom stereocenters. The fraction of sp³-hybridized carbons (Fsp3) is 0.800. The zero-order valence-electron chi connectivity index (χ0n) is 12.8. The number of nitrogens with zero attached hydrogens (tertiary/aromatic N) is 3. The maximum atomic E-state index is 11.0. The van der Waals surface area contributed by atoms with Crippen molar-refractivity contribution < 1.29 is 5.11 Å². The Morgan fingerprint density at radius 2 is 2.05 bits per heavy atom. The number of aliphatic hydroxyl groups excluding tert-OH is 1. The number of aromatic nitrogens is 2. The zero-order chi connectivity index (χ0) is 14.8. The van der Waals surface area contributed by atoms with Crippen molar-refractivity contribution >= 4 is 15.9 Å². The molecule has 114 valence electrons. The van der Waals surface area contributed by atoms with Crippen molar-refractivity contribution in [3.05, 3.63) is 16.4 Å². The summed E-state index contributed by atoms with van der Waals surface area (Å²) in [7, 11) is 0. The highest BCUT2D eigenvalue weighted by Crippen LogP contribution is 2.38. The van der Waals surface area contributed by atoms with Gasteiger partial charge in [0.1, 0.15) is 6.10 Å². The van der Waals surface area contributed by atoms with Crippen LogP contribution in [0.15, 0.2) is 10.7 Å². The molecule has 2 heterocycles. The first kappa shape index (κ1) is 16.0. The lowest BCUT2D eigenvalue weighted by atomic mass is 9.87. The highest BCUT2D eigenvalue weighted by molar-refractivity contribution is 9.10. The molecule has 1 aromatic rings. The largest absolute Gasteiger partial charge is 0.385 e. The molecule has 0 spiro atoms. The van der Waals surface area contributed by atoms with Crippen LogP contribution >= 0.6 is 15.9 Å². The standard InChI is InChI=1S/C15H26BrN3O/c1-4-8-19-13(12(16)11-17-19)14(20)15(3,5-2)18-9-6-7-10-18/h11,14,20H,4-10H2,1-3H3. The van der Waals surface area contributed by atoms with Crippen LogP contribution in [0.2, 0.25) is 0 Å². The summed E-state index contributed by atoms with van der Waals surface area (Å²) in [5.74, 6) is 0. The average Bonchev–Trinajstić information content (AvgIpc) is 3.08. The molecule has 0 radical (unpaired) electrons. The van der Waals surface area contributed by atoms with Crippen LogP contribution in [0.3, 0.4) is 0 Å². The van der Waals surface area contributed by atoms with E-state index in [1.165, 1.54) is 12.8 Å². The summed E-state index contributed by atoms with van der Waals surface area (Å²) in [4.78, 5) is 2.44. The Bertz CT molecular complexity index is 442. The summed E-state index contributed by atoms with van der Waals surface area (Å²) in [6.45, 7) is 9.49. The molecule has 0 aromatic carbocycles. The molecule has 4 nitrogen and oxygen atoms in total. The van der Waals surface area contributed by atoms with Crippen molar-refractivity contribution in [3.8, 4) is 0 Å². The second-order valence-corrected chi connectivity index (χ2v) is 6.76. The lowest BCUT2D eigenvalue weighted by molar-refractivity contribution is -0.0192. The second kappa shape index (κ2) is 6.58. The summed E-state index contributed by atoms with van der Waals surface area (Å²) >= 11 is 3.56. The first-order valence-corrected chi connectivity index (χ1v) is 8.48. The summed E-state index contributed by atoms with van der Waals surface area (Å²) in [5, 5.41) is 15.4. The van der Waals surface area contributed by atoms with E-state index in [4.69, 9.17) is 0 Å². The number of aliphatic hydroxyl groups is 1. The van der Waals surface area contributed by atoms with Gasteiger partial charge in [-0.3, -0.25) is 9.58 Å². The van der Waals surface area contributed by atoms with E-state index in [-0.39, 0.29) is 5.54 Å². The number of aryl methyl sites for hydroxylation is 1. The van der Waals surface area contributed by atoms with Crippen LogP contribution < -0.4 is 0 Å². The number of halogens is 1. The van der Waals surface area contributed by atoms with Crippen molar-refractivity contribution in [1.82, 2.24) is 14.7 Å². The number of hydrogen-bond donors (Lipinski definition) is 1. The average molecular weight is 344 g/mol. The Hall–Kier alpha value is -0.390. The smallest absolute Gasteiger partial charge is 0.115 e. The molecule has 1 fully saturated rings. The molecule has 5 heteroatoms. The molecular weight excluding hydrogens is 318 g/mol. The van der Waals surface area contributed by atoms with E-state index in [1.54, 1.807) is 6.20 Å². The first-order valence-electron chi connectivity index (χ1n) is 7.69. The zero-order valence-corrected chi connectivity index (χ0v) is 14.4. The van der Waals surface area contributed by atoms with Gasteiger partial charge in [-0.05, 0) is 61.6 Å². The maximum absolute atomic E-state index is 11.0. The number of hydrogen-bond acceptors (Lipinski definition) is 3. The topological polar surface area (TPSA) is 41.3 Å². The molecule has 1 aliphatic rings. The Labute approximate surface area is 130 Å². The molecule has 1 N–H and O–H groups in total. The third kappa shape index (κ3) is 2.81. The molecular formula is C15H26BrN3O. The van der Waals surface area contributed by atoms with Gasteiger partial charge in [0, 0.05) is 12.1 Å². The monoisotopic (exact) mass is 343 g/mol. The van der Waals surface area contributed by atoms with E-state index in [2.05, 4.69) is 46.7 Å². The third-order valence-corrected chi connectivity index (χ3v) is 5.27. The van der Waals surface area contributed by atoms with Crippen molar-refractivity contribution in [2.45, 2.75) is 64.6 Å². The van der Waals surface area contributed by atoms with Crippen molar-refractivity contribution in [1.29, 1.82) is 0 Å². The van der Waals surface area contributed by atoms with E-state index in [9.17, 15) is 5.11 Å². The Balaban J connectivity index is 2.32. The summed E-state index contributed by atoms with van der Waals surface area (Å²) in [5.41, 5.74) is 0.702. The second-order valence-electron chi connectivity index (χ2n) is 5.91. The molecule has 2 atom stereocenters. The normalized spacial score (nSPS) is 21.1. The molecule has 0 saturated carbocycles. The van der Waals surface area contributed by atoms with Gasteiger partial charge >= 0.3 is 0 Å². The quantitative estimate of drug-likeness (QED) is 0.860. The lowest BCUT2D eigenvalue weighted by Crippen LogP contribution is -2.49. The fourth-order valence-corrected chi connectivity index (χ4v) is 3.66. The van der Waals surface area contributed by atoms with Gasteiger partial charge in [-0.1, -0.05) is 13.8 Å². The van der Waals surface area contributed by atoms with Gasteiger partial charge in [0.2, 0.25) is 0 Å². The van der Waals surface area contributed by atoms with Crippen LogP contribution in [0, 0.1) is 0 Å². The minimum absolute atomic E-state index is 0.218. The van der Waals surface area contributed by atoms with Gasteiger partial charge < -0.3 is 5.11 Å². The molecule has 0 aliphatic carbocycles. The third-order valence-electron chi connectivity index (χ3n) is 4.66. The van der Waals surface area contributed by atoms with E-state index in [0.717, 1.165) is 42.6 Å². The summed E-state index contributed by atoms with van der Waals surface area (Å²) in [6.07, 6.45) is 5.69. The van der Waals surface area contributed by atoms with E-state index in [1.807, 2.05) is 4.68 Å². The molecule has 1 saturated heterocycles. The van der Waals surface area contributed by atoms with Gasteiger partial charge in [0.05, 0.1) is 16.4 Å². The fourth-order valence-electron chi connectivity index (χ4n) is 3.15. The van der Waals surface area contributed by atoms with Gasteiger partial charge in [0.25, 0.3) is 0 Å². The van der Waals surface area contributed by atoms with E-state index >= 15 is 0 Å². The predicted molar refractivity (Wildman–Crippen MR) is 84.7 cm³/mol. The minimum atomic E-state index is -0.519. The SMILES string of the molecule is CCCn1ncc(Br)c1C(O)C(C)(CC)N1CCCC1. The highest BCUT2D eigenvalue weighted by atomic mass is 79.9. The van der Waals surface area contributed by atoms with Crippen LogP contribution in [0.5, 0.6) is 0 Å². The van der Waals surface area contributed by atoms with Crippen LogP contribution in [0.1, 0.15) is 58.3 Å². The van der Waals surface area contributed by atoms with Crippen LogP contribution in [-0.4, -0.2) is 38.4 Å². The van der Waals surface area contributed by atoms with Gasteiger partial charge in [-0.15, -0.1) is 0 Å². The molecule has 20 heavy (non-hydrogen) atoms. The molecule has 0 bridgehead atoms. The van der Waals surface area contributed by atoms with E-state index in [0.29, 0.717) is 0 Å². The Kier molecular flexibility index (Phi) is 5.26. The number of rotatable bonds is 6. The molecule has 1 aliphatic heterocycles. The van der Waals surface area contributed by atoms with Crippen molar-refractivity contribution in [2.24, 2.45) is 0 Å². The Morgan fingerprint density at radius 1 is 1.40 bits per heavy atom.